The molecular formula is C18H14N2O11S3. The van der Waals surface area contributed by atoms with E-state index in [0.29, 0.717) is 6.07 Å². The molecule has 0 aliphatic heterocycles. The van der Waals surface area contributed by atoms with Crippen LogP contribution in [0.25, 0.3) is 32.3 Å². The highest BCUT2D eigenvalue weighted by molar-refractivity contribution is 7.87. The SMILES string of the molecule is NOCC(=O)Nc1cc(S(=O)(=O)O)c2ccc3c(S(=O)(=O)O)cc(S(=O)(=O)O)c4ccc1c2c43. The fraction of sp³-hybridized carbons (Fsp3) is 0.0556. The molecule has 0 saturated carbocycles. The van der Waals surface area contributed by atoms with Crippen molar-refractivity contribution >= 4 is 74.3 Å². The molecule has 0 unspecified atom stereocenters. The van der Waals surface area contributed by atoms with Gasteiger partial charge in [-0.1, -0.05) is 24.3 Å². The van der Waals surface area contributed by atoms with Gasteiger partial charge in [-0.05, 0) is 12.1 Å². The van der Waals surface area contributed by atoms with Crippen LogP contribution in [0.3, 0.4) is 0 Å². The Morgan fingerprint density at radius 2 is 1.12 bits per heavy atom. The summed E-state index contributed by atoms with van der Waals surface area (Å²) in [6.45, 7) is -0.622. The van der Waals surface area contributed by atoms with E-state index in [2.05, 4.69) is 10.2 Å². The van der Waals surface area contributed by atoms with Gasteiger partial charge >= 0.3 is 0 Å². The maximum Gasteiger partial charge on any atom is 0.295 e. The van der Waals surface area contributed by atoms with Crippen molar-refractivity contribution in [1.82, 2.24) is 0 Å². The molecule has 0 aromatic heterocycles. The van der Waals surface area contributed by atoms with E-state index in [0.717, 1.165) is 18.2 Å². The van der Waals surface area contributed by atoms with E-state index >= 15 is 0 Å². The number of anilines is 1. The van der Waals surface area contributed by atoms with Gasteiger partial charge in [-0.2, -0.15) is 25.3 Å². The van der Waals surface area contributed by atoms with Crippen molar-refractivity contribution in [2.75, 3.05) is 11.9 Å². The van der Waals surface area contributed by atoms with Crippen molar-refractivity contribution in [2.24, 2.45) is 5.90 Å². The van der Waals surface area contributed by atoms with Gasteiger partial charge in [-0.3, -0.25) is 23.3 Å². The summed E-state index contributed by atoms with van der Waals surface area (Å²) in [7, 11) is -15.0. The van der Waals surface area contributed by atoms with Crippen molar-refractivity contribution in [2.45, 2.75) is 14.7 Å². The molecule has 0 saturated heterocycles. The third-order valence-corrected chi connectivity index (χ3v) is 7.79. The van der Waals surface area contributed by atoms with Crippen LogP contribution in [0.1, 0.15) is 0 Å². The number of nitrogens with two attached hydrogens (primary N) is 1. The lowest BCUT2D eigenvalue weighted by Crippen LogP contribution is -2.20. The molecule has 0 fully saturated rings. The van der Waals surface area contributed by atoms with Gasteiger partial charge in [0.2, 0.25) is 0 Å². The van der Waals surface area contributed by atoms with E-state index in [1.807, 2.05) is 0 Å². The molecule has 34 heavy (non-hydrogen) atoms. The monoisotopic (exact) mass is 530 g/mol. The first kappa shape index (κ1) is 24.2. The molecule has 0 aliphatic carbocycles. The molecule has 13 nitrogen and oxygen atoms in total. The van der Waals surface area contributed by atoms with E-state index in [9.17, 15) is 43.7 Å². The maximum absolute atomic E-state index is 12.1. The van der Waals surface area contributed by atoms with Gasteiger partial charge < -0.3 is 5.32 Å². The van der Waals surface area contributed by atoms with Crippen LogP contribution in [0, 0.1) is 0 Å². The Morgan fingerprint density at radius 1 is 0.735 bits per heavy atom. The van der Waals surface area contributed by atoms with Crippen molar-refractivity contribution in [3.8, 4) is 0 Å². The van der Waals surface area contributed by atoms with Crippen LogP contribution in [-0.4, -0.2) is 51.4 Å². The first-order valence-electron chi connectivity index (χ1n) is 8.97. The number of benzene rings is 4. The Labute approximate surface area is 191 Å². The summed E-state index contributed by atoms with van der Waals surface area (Å²) in [5, 5.41) is 1.63. The second-order valence-corrected chi connectivity index (χ2v) is 11.3. The zero-order valence-corrected chi connectivity index (χ0v) is 19.0. The molecule has 0 aliphatic rings. The van der Waals surface area contributed by atoms with E-state index in [1.165, 1.54) is 12.1 Å². The molecule has 0 radical (unpaired) electrons. The van der Waals surface area contributed by atoms with Crippen LogP contribution in [0.15, 0.2) is 51.1 Å². The molecule has 0 bridgehead atoms. The molecule has 180 valence electrons. The van der Waals surface area contributed by atoms with Gasteiger partial charge in [0, 0.05) is 32.3 Å². The smallest absolute Gasteiger partial charge is 0.295 e. The number of carbonyl (C=O) groups excluding carboxylic acids is 1. The largest absolute Gasteiger partial charge is 0.323 e. The number of amides is 1. The van der Waals surface area contributed by atoms with Gasteiger partial charge in [0.15, 0.2) is 0 Å². The molecule has 4 rings (SSSR count). The number of hydrogen-bond donors (Lipinski definition) is 5. The van der Waals surface area contributed by atoms with Crippen LogP contribution in [0.5, 0.6) is 0 Å². The minimum Gasteiger partial charge on any atom is -0.323 e. The minimum absolute atomic E-state index is 0.0792. The van der Waals surface area contributed by atoms with Crippen LogP contribution in [-0.2, 0) is 40.0 Å². The Bertz CT molecular complexity index is 1780. The number of rotatable bonds is 6. The summed E-state index contributed by atoms with van der Waals surface area (Å²) in [6, 6.07) is 6.25. The number of carbonyl (C=O) groups is 1. The van der Waals surface area contributed by atoms with Crippen LogP contribution < -0.4 is 11.2 Å². The summed E-state index contributed by atoms with van der Waals surface area (Å²) in [5.74, 6) is 4.06. The Kier molecular flexibility index (Phi) is 5.54. The van der Waals surface area contributed by atoms with Gasteiger partial charge in [-0.25, -0.2) is 5.90 Å². The molecule has 4 aromatic rings. The predicted molar refractivity (Wildman–Crippen MR) is 118 cm³/mol. The van der Waals surface area contributed by atoms with Gasteiger partial charge in [0.1, 0.15) is 21.3 Å². The average Bonchev–Trinajstić information content (AvgIpc) is 2.70. The van der Waals surface area contributed by atoms with E-state index in [-0.39, 0.29) is 38.0 Å². The normalized spacial score (nSPS) is 13.2. The van der Waals surface area contributed by atoms with Crippen LogP contribution in [0.4, 0.5) is 5.69 Å². The fourth-order valence-corrected chi connectivity index (χ4v) is 6.12. The van der Waals surface area contributed by atoms with Crippen molar-refractivity contribution in [3.63, 3.8) is 0 Å². The third-order valence-electron chi connectivity index (χ3n) is 5.11. The van der Waals surface area contributed by atoms with Crippen molar-refractivity contribution in [1.29, 1.82) is 0 Å². The third kappa shape index (κ3) is 3.95. The first-order valence-corrected chi connectivity index (χ1v) is 13.3. The Hall–Kier alpha value is -2.96. The molecular weight excluding hydrogens is 516 g/mol. The second-order valence-electron chi connectivity index (χ2n) is 7.15. The first-order chi connectivity index (χ1) is 15.6. The van der Waals surface area contributed by atoms with E-state index < -0.39 is 57.6 Å². The fourth-order valence-electron chi connectivity index (χ4n) is 3.90. The predicted octanol–water partition coefficient (Wildman–Crippen LogP) is 1.15. The highest BCUT2D eigenvalue weighted by Crippen LogP contribution is 2.44. The van der Waals surface area contributed by atoms with Gasteiger partial charge in [-0.15, -0.1) is 0 Å². The van der Waals surface area contributed by atoms with Crippen molar-refractivity contribution in [3.05, 3.63) is 36.4 Å². The highest BCUT2D eigenvalue weighted by atomic mass is 32.2. The standard InChI is InChI=1S/C18H14N2O11S3/c19-31-7-16(21)20-12-5-13(32(22,23)24)9-3-4-11-15(34(28,29)30)6-14(33(25,26)27)10-2-1-8(12)17(9)18(10)11/h1-6H,7,19H2,(H,20,21)(H,22,23,24)(H,25,26,27)(H,28,29,30). The molecule has 4 aromatic carbocycles. The second kappa shape index (κ2) is 7.79. The lowest BCUT2D eigenvalue weighted by atomic mass is 9.93. The molecule has 0 spiro atoms. The summed E-state index contributed by atoms with van der Waals surface area (Å²) in [6.07, 6.45) is 0. The summed E-state index contributed by atoms with van der Waals surface area (Å²) >= 11 is 0. The quantitative estimate of drug-likeness (QED) is 0.134. The van der Waals surface area contributed by atoms with E-state index in [1.54, 1.807) is 0 Å². The summed E-state index contributed by atoms with van der Waals surface area (Å²) in [4.78, 5) is 13.8. The lowest BCUT2D eigenvalue weighted by molar-refractivity contribution is -0.120. The zero-order chi connectivity index (χ0) is 25.2. The maximum atomic E-state index is 12.1. The summed E-state index contributed by atoms with van der Waals surface area (Å²) < 4.78 is 102. The Balaban J connectivity index is 2.33. The molecule has 6 N–H and O–H groups in total. The summed E-state index contributed by atoms with van der Waals surface area (Å²) in [5.41, 5.74) is -0.165. The van der Waals surface area contributed by atoms with Gasteiger partial charge in [0.25, 0.3) is 36.3 Å². The Morgan fingerprint density at radius 3 is 1.53 bits per heavy atom. The van der Waals surface area contributed by atoms with Crippen LogP contribution in [0.2, 0.25) is 0 Å². The topological polar surface area (TPSA) is 227 Å². The number of nitrogens with one attached hydrogen (secondary N) is 1. The van der Waals surface area contributed by atoms with Crippen LogP contribution >= 0.6 is 0 Å². The minimum atomic E-state index is -5.03. The highest BCUT2D eigenvalue weighted by Gasteiger charge is 2.28. The van der Waals surface area contributed by atoms with E-state index in [4.69, 9.17) is 5.90 Å². The molecule has 0 atom stereocenters. The molecule has 16 heteroatoms. The molecule has 1 amide bonds. The lowest BCUT2D eigenvalue weighted by Gasteiger charge is -2.19. The van der Waals surface area contributed by atoms with Gasteiger partial charge in [0.05, 0.1) is 5.69 Å². The zero-order valence-electron chi connectivity index (χ0n) is 16.6. The molecule has 0 heterocycles. The number of hydrogen-bond acceptors (Lipinski definition) is 9. The van der Waals surface area contributed by atoms with Crippen molar-refractivity contribution < 1.29 is 48.5 Å². The average molecular weight is 531 g/mol.